The van der Waals surface area contributed by atoms with E-state index >= 15 is 0 Å². The van der Waals surface area contributed by atoms with E-state index in [1.54, 1.807) is 0 Å². The first-order chi connectivity index (χ1) is 14.8. The third kappa shape index (κ3) is 6.33. The van der Waals surface area contributed by atoms with Gasteiger partial charge >= 0.3 is 0 Å². The second-order valence-corrected chi connectivity index (χ2v) is 9.36. The Hall–Kier alpha value is -2.33. The molecule has 31 heavy (non-hydrogen) atoms. The van der Waals surface area contributed by atoms with Crippen LogP contribution in [-0.2, 0) is 19.6 Å². The highest BCUT2D eigenvalue weighted by Gasteiger charge is 2.35. The predicted octanol–water partition coefficient (Wildman–Crippen LogP) is 2.28. The molecule has 1 aliphatic heterocycles. The van der Waals surface area contributed by atoms with Crippen LogP contribution in [0.4, 0.5) is 4.39 Å². The molecule has 0 aliphatic carbocycles. The maximum absolute atomic E-state index is 13.4. The fourth-order valence-corrected chi connectivity index (χ4v) is 4.98. The van der Waals surface area contributed by atoms with E-state index in [4.69, 9.17) is 4.74 Å². The number of hydrogen-bond acceptors (Lipinski definition) is 5. The van der Waals surface area contributed by atoms with Crippen molar-refractivity contribution in [3.8, 4) is 0 Å². The molecule has 4 atom stereocenters. The monoisotopic (exact) mass is 450 g/mol. The molecule has 0 radical (unpaired) electrons. The molecule has 2 aromatic rings. The molecule has 0 bridgehead atoms. The quantitative estimate of drug-likeness (QED) is 0.572. The van der Waals surface area contributed by atoms with Crippen molar-refractivity contribution in [1.82, 2.24) is 10.0 Å². The molecule has 0 aromatic heterocycles. The Balaban J connectivity index is 1.56. The number of ether oxygens (including phenoxy) is 1. The van der Waals surface area contributed by atoms with Crippen molar-refractivity contribution >= 4 is 15.9 Å². The number of benzene rings is 2. The summed E-state index contributed by atoms with van der Waals surface area (Å²) in [5, 5.41) is 12.6. The second kappa shape index (κ2) is 10.3. The Morgan fingerprint density at radius 3 is 2.61 bits per heavy atom. The van der Waals surface area contributed by atoms with Gasteiger partial charge in [0.1, 0.15) is 5.82 Å². The van der Waals surface area contributed by atoms with Crippen LogP contribution in [0.5, 0.6) is 0 Å². The molecule has 0 spiro atoms. The van der Waals surface area contributed by atoms with Gasteiger partial charge in [-0.15, -0.1) is 0 Å². The van der Waals surface area contributed by atoms with E-state index in [0.29, 0.717) is 12.8 Å². The summed E-state index contributed by atoms with van der Waals surface area (Å²) in [6, 6.07) is 13.4. The maximum atomic E-state index is 13.4. The van der Waals surface area contributed by atoms with E-state index in [1.807, 2.05) is 37.3 Å². The number of sulfonamides is 1. The fraction of sp³-hybridized carbons (Fsp3) is 0.409. The average molecular weight is 451 g/mol. The molecule has 0 unspecified atom stereocenters. The molecule has 3 rings (SSSR count). The van der Waals surface area contributed by atoms with Crippen LogP contribution in [0.2, 0.25) is 0 Å². The molecule has 2 aromatic carbocycles. The molecular weight excluding hydrogens is 423 g/mol. The summed E-state index contributed by atoms with van der Waals surface area (Å²) in [4.78, 5) is 12.2. The fourth-order valence-electron chi connectivity index (χ4n) is 3.65. The normalized spacial score (nSPS) is 22.6. The Morgan fingerprint density at radius 1 is 1.19 bits per heavy atom. The van der Waals surface area contributed by atoms with E-state index in [-0.39, 0.29) is 23.3 Å². The Morgan fingerprint density at radius 2 is 1.94 bits per heavy atom. The first kappa shape index (κ1) is 23.3. The van der Waals surface area contributed by atoms with E-state index in [9.17, 15) is 22.7 Å². The maximum Gasteiger partial charge on any atom is 0.241 e. The molecule has 168 valence electrons. The van der Waals surface area contributed by atoms with Gasteiger partial charge in [-0.2, -0.15) is 0 Å². The van der Waals surface area contributed by atoms with E-state index in [2.05, 4.69) is 10.0 Å². The van der Waals surface area contributed by atoms with Crippen LogP contribution in [0, 0.1) is 5.82 Å². The Kier molecular flexibility index (Phi) is 7.77. The third-order valence-corrected chi connectivity index (χ3v) is 6.79. The van der Waals surface area contributed by atoms with Crippen LogP contribution in [0.3, 0.4) is 0 Å². The molecule has 1 aliphatic rings. The highest BCUT2D eigenvalue weighted by molar-refractivity contribution is 7.89. The van der Waals surface area contributed by atoms with Crippen molar-refractivity contribution in [2.75, 3.05) is 6.61 Å². The smallest absolute Gasteiger partial charge is 0.241 e. The van der Waals surface area contributed by atoms with Crippen LogP contribution in [0.1, 0.15) is 37.8 Å². The lowest BCUT2D eigenvalue weighted by atomic mass is 9.97. The Labute approximate surface area is 181 Å². The van der Waals surface area contributed by atoms with Crippen molar-refractivity contribution in [2.24, 2.45) is 0 Å². The van der Waals surface area contributed by atoms with Crippen molar-refractivity contribution in [2.45, 2.75) is 55.4 Å². The summed E-state index contributed by atoms with van der Waals surface area (Å²) in [6.07, 6.45) is -0.306. The van der Waals surface area contributed by atoms with Gasteiger partial charge in [0.15, 0.2) is 0 Å². The summed E-state index contributed by atoms with van der Waals surface area (Å²) in [6.45, 7) is 1.48. The number of nitrogens with one attached hydrogen (secondary N) is 2. The first-order valence-corrected chi connectivity index (χ1v) is 11.7. The van der Waals surface area contributed by atoms with Gasteiger partial charge in [-0.3, -0.25) is 4.79 Å². The van der Waals surface area contributed by atoms with Crippen molar-refractivity contribution in [3.05, 3.63) is 66.0 Å². The molecule has 1 saturated heterocycles. The number of rotatable bonds is 8. The zero-order chi connectivity index (χ0) is 22.4. The van der Waals surface area contributed by atoms with Crippen molar-refractivity contribution < 1.29 is 27.4 Å². The van der Waals surface area contributed by atoms with Gasteiger partial charge in [-0.25, -0.2) is 17.5 Å². The number of aliphatic hydroxyl groups excluding tert-OH is 1. The molecule has 1 fully saturated rings. The molecule has 1 heterocycles. The summed E-state index contributed by atoms with van der Waals surface area (Å²) in [7, 11) is -3.97. The number of carbonyl (C=O) groups is 1. The number of halogens is 1. The summed E-state index contributed by atoms with van der Waals surface area (Å²) >= 11 is 0. The summed E-state index contributed by atoms with van der Waals surface area (Å²) in [5.41, 5.74) is 0.987. The number of carbonyl (C=O) groups excluding carboxylic acids is 1. The minimum absolute atomic E-state index is 0.108. The van der Waals surface area contributed by atoms with Gasteiger partial charge in [0.05, 0.1) is 42.2 Å². The highest BCUT2D eigenvalue weighted by Crippen LogP contribution is 2.24. The van der Waals surface area contributed by atoms with Crippen LogP contribution in [-0.4, -0.2) is 44.3 Å². The highest BCUT2D eigenvalue weighted by atomic mass is 32.2. The van der Waals surface area contributed by atoms with Crippen LogP contribution >= 0.6 is 0 Å². The molecule has 0 saturated carbocycles. The predicted molar refractivity (Wildman–Crippen MR) is 113 cm³/mol. The SMILES string of the molecule is C[C@H](NC(=O)C[C@@H]1CC[C@H](NS(=O)(=O)c2cccc(F)c2)[C@@H](CO)O1)c1ccccc1. The first-order valence-electron chi connectivity index (χ1n) is 10.2. The number of aliphatic hydroxyl groups is 1. The van der Waals surface area contributed by atoms with E-state index in [1.165, 1.54) is 12.1 Å². The van der Waals surface area contributed by atoms with Crippen LogP contribution in [0.15, 0.2) is 59.5 Å². The van der Waals surface area contributed by atoms with Gasteiger partial charge in [-0.1, -0.05) is 36.4 Å². The van der Waals surface area contributed by atoms with Gasteiger partial charge in [-0.05, 0) is 43.5 Å². The number of amides is 1. The minimum Gasteiger partial charge on any atom is -0.394 e. The van der Waals surface area contributed by atoms with Gasteiger partial charge in [0.25, 0.3) is 0 Å². The lowest BCUT2D eigenvalue weighted by Gasteiger charge is -2.35. The minimum atomic E-state index is -3.97. The largest absolute Gasteiger partial charge is 0.394 e. The third-order valence-electron chi connectivity index (χ3n) is 5.30. The van der Waals surface area contributed by atoms with Crippen LogP contribution < -0.4 is 10.0 Å². The van der Waals surface area contributed by atoms with Crippen molar-refractivity contribution in [3.63, 3.8) is 0 Å². The van der Waals surface area contributed by atoms with Crippen molar-refractivity contribution in [1.29, 1.82) is 0 Å². The van der Waals surface area contributed by atoms with Gasteiger partial charge in [0, 0.05) is 0 Å². The van der Waals surface area contributed by atoms with Gasteiger partial charge in [0.2, 0.25) is 15.9 Å². The van der Waals surface area contributed by atoms with Crippen LogP contribution in [0.25, 0.3) is 0 Å². The lowest BCUT2D eigenvalue weighted by Crippen LogP contribution is -2.51. The zero-order valence-electron chi connectivity index (χ0n) is 17.2. The molecular formula is C22H27FN2O5S. The molecule has 7 nitrogen and oxygen atoms in total. The van der Waals surface area contributed by atoms with E-state index in [0.717, 1.165) is 17.7 Å². The molecule has 3 N–H and O–H groups in total. The standard InChI is InChI=1S/C22H27FN2O5S/c1-15(16-6-3-2-4-7-16)24-22(27)13-18-10-11-20(21(14-26)30-18)25-31(28,29)19-9-5-8-17(23)12-19/h2-9,12,15,18,20-21,25-26H,10-11,13-14H2,1H3,(H,24,27)/t15-,18-,20-,21+/m0/s1. The lowest BCUT2D eigenvalue weighted by molar-refractivity contribution is -0.131. The van der Waals surface area contributed by atoms with Gasteiger partial charge < -0.3 is 15.2 Å². The number of hydrogen-bond donors (Lipinski definition) is 3. The Bertz CT molecular complexity index is 986. The zero-order valence-corrected chi connectivity index (χ0v) is 18.0. The molecule has 9 heteroatoms. The summed E-state index contributed by atoms with van der Waals surface area (Å²) < 4.78 is 46.8. The second-order valence-electron chi connectivity index (χ2n) is 7.65. The average Bonchev–Trinajstić information content (AvgIpc) is 2.75. The van der Waals surface area contributed by atoms with E-state index < -0.39 is 40.7 Å². The topological polar surface area (TPSA) is 105 Å². The molecule has 1 amide bonds. The summed E-state index contributed by atoms with van der Waals surface area (Å²) in [5.74, 6) is -0.839.